The van der Waals surface area contributed by atoms with E-state index in [0.29, 0.717) is 10.9 Å². The van der Waals surface area contributed by atoms with Crippen LogP contribution in [0.25, 0.3) is 0 Å². The molecule has 0 saturated heterocycles. The van der Waals surface area contributed by atoms with Crippen LogP contribution >= 0.6 is 21.0 Å². The summed E-state index contributed by atoms with van der Waals surface area (Å²) >= 11 is 1.75. The average Bonchev–Trinajstić information content (AvgIpc) is 2.87. The lowest BCUT2D eigenvalue weighted by Crippen LogP contribution is -2.50. The molecule has 210 valence electrons. The zero-order valence-corrected chi connectivity index (χ0v) is 25.1. The Balaban J connectivity index is 0.00000352. The summed E-state index contributed by atoms with van der Waals surface area (Å²) in [5, 5.41) is 3.94. The molecular weight excluding hydrogens is 521 g/mol. The van der Waals surface area contributed by atoms with Gasteiger partial charge in [0.05, 0.1) is 5.54 Å². The first kappa shape index (κ1) is 33.9. The molecule has 0 aliphatic heterocycles. The van der Waals surface area contributed by atoms with E-state index in [2.05, 4.69) is 60.5 Å². The first-order chi connectivity index (χ1) is 18.2. The van der Waals surface area contributed by atoms with Gasteiger partial charge in [0, 0.05) is 22.3 Å². The summed E-state index contributed by atoms with van der Waals surface area (Å²) < 4.78 is 27.2. The summed E-state index contributed by atoms with van der Waals surface area (Å²) in [5.74, 6) is -1.92. The number of nitrogens with one attached hydrogen (secondary N) is 1. The van der Waals surface area contributed by atoms with Gasteiger partial charge in [-0.1, -0.05) is 76.1 Å². The highest BCUT2D eigenvalue weighted by atomic mass is 32.2. The molecule has 38 heavy (non-hydrogen) atoms. The molecule has 2 aromatic rings. The molecule has 0 aliphatic carbocycles. The molecule has 0 heterocycles. The van der Waals surface area contributed by atoms with Crippen molar-refractivity contribution in [3.8, 4) is 0 Å². The van der Waals surface area contributed by atoms with Gasteiger partial charge in [0.25, 0.3) is 0 Å². The minimum Gasteiger partial charge on any atom is -0.346 e. The van der Waals surface area contributed by atoms with Gasteiger partial charge in [-0.25, -0.2) is 8.78 Å². The third-order valence-electron chi connectivity index (χ3n) is 6.25. The molecule has 0 saturated carbocycles. The van der Waals surface area contributed by atoms with E-state index < -0.39 is 23.2 Å². The van der Waals surface area contributed by atoms with E-state index in [4.69, 9.17) is 10.5 Å². The maximum Gasteiger partial charge on any atom is 0.222 e. The lowest BCUT2D eigenvalue weighted by molar-refractivity contribution is -0.123. The number of benzene rings is 2. The lowest BCUT2D eigenvalue weighted by atomic mass is 9.86. The van der Waals surface area contributed by atoms with Crippen molar-refractivity contribution in [2.45, 2.75) is 95.5 Å². The van der Waals surface area contributed by atoms with E-state index in [1.165, 1.54) is 15.4 Å². The van der Waals surface area contributed by atoms with E-state index in [0.717, 1.165) is 50.7 Å². The summed E-state index contributed by atoms with van der Waals surface area (Å²) in [5.41, 5.74) is 7.65. The largest absolute Gasteiger partial charge is 0.346 e. The third-order valence-corrected chi connectivity index (χ3v) is 8.24. The number of hydrogen-bond acceptors (Lipinski definition) is 4. The highest BCUT2D eigenvalue weighted by Crippen LogP contribution is 2.41. The van der Waals surface area contributed by atoms with Crippen LogP contribution in [0.4, 0.5) is 8.78 Å². The molecule has 2 unspecified atom stereocenters. The second-order valence-corrected chi connectivity index (χ2v) is 11.2. The first-order valence-electron chi connectivity index (χ1n) is 13.2. The Morgan fingerprint density at radius 1 is 1.11 bits per heavy atom. The maximum atomic E-state index is 13.7. The third kappa shape index (κ3) is 10.2. The molecule has 8 heteroatoms. The molecule has 2 aromatic carbocycles. The summed E-state index contributed by atoms with van der Waals surface area (Å²) in [6.07, 6.45) is 8.14. The number of amides is 1. The fourth-order valence-electron chi connectivity index (χ4n) is 4.50. The number of carbonyl (C=O) groups excluding carboxylic acids is 2. The number of hydrogen-bond donors (Lipinski definition) is 2. The smallest absolute Gasteiger partial charge is 0.222 e. The van der Waals surface area contributed by atoms with Crippen molar-refractivity contribution < 1.29 is 18.4 Å². The minimum atomic E-state index is -0.906. The maximum absolute atomic E-state index is 13.7. The van der Waals surface area contributed by atoms with Crippen LogP contribution in [0.1, 0.15) is 76.8 Å². The molecule has 0 fully saturated rings. The number of nitrogens with two attached hydrogens (primary N) is 1. The van der Waals surface area contributed by atoms with E-state index in [9.17, 15) is 13.6 Å². The molecule has 4 nitrogen and oxygen atoms in total. The number of aryl methyl sites for hydroxylation is 1. The molecule has 2 rings (SSSR count). The summed E-state index contributed by atoms with van der Waals surface area (Å²) in [7, 11) is 2.41. The topological polar surface area (TPSA) is 72.2 Å². The molecule has 0 aromatic heterocycles. The van der Waals surface area contributed by atoms with Crippen LogP contribution in [0.15, 0.2) is 52.3 Å². The SMILES string of the molecule is C=O.CCC/C=C(/Sc1ccccc1C)C(CCC)(CCC)NC(=O)CC(N)Cc1cc(F)c(F)cc1P. The average molecular weight is 565 g/mol. The van der Waals surface area contributed by atoms with Crippen molar-refractivity contribution in [2.75, 3.05) is 0 Å². The molecule has 1 amide bonds. The molecule has 0 spiro atoms. The highest BCUT2D eigenvalue weighted by Gasteiger charge is 2.35. The normalized spacial score (nSPS) is 12.5. The van der Waals surface area contributed by atoms with Crippen LogP contribution in [0.2, 0.25) is 0 Å². The van der Waals surface area contributed by atoms with E-state index in [-0.39, 0.29) is 18.7 Å². The second kappa shape index (κ2) is 17.5. The summed E-state index contributed by atoms with van der Waals surface area (Å²) in [4.78, 5) is 23.7. The predicted molar refractivity (Wildman–Crippen MR) is 160 cm³/mol. The Hall–Kier alpha value is -2.08. The number of unbranched alkanes of at least 4 members (excludes halogenated alkanes) is 1. The number of halogens is 2. The Kier molecular flexibility index (Phi) is 15.6. The molecular formula is C30H43F2N2O2PS. The Morgan fingerprint density at radius 3 is 2.29 bits per heavy atom. The van der Waals surface area contributed by atoms with Crippen LogP contribution in [-0.2, 0) is 16.0 Å². The van der Waals surface area contributed by atoms with Crippen molar-refractivity contribution in [1.82, 2.24) is 5.32 Å². The van der Waals surface area contributed by atoms with Crippen molar-refractivity contribution in [2.24, 2.45) is 5.73 Å². The fraction of sp³-hybridized carbons (Fsp3) is 0.467. The Morgan fingerprint density at radius 2 is 1.71 bits per heavy atom. The van der Waals surface area contributed by atoms with Gasteiger partial charge in [0.2, 0.25) is 5.91 Å². The molecule has 0 radical (unpaired) electrons. The lowest BCUT2D eigenvalue weighted by Gasteiger charge is -2.37. The van der Waals surface area contributed by atoms with Crippen molar-refractivity contribution in [1.29, 1.82) is 0 Å². The van der Waals surface area contributed by atoms with Crippen LogP contribution < -0.4 is 16.4 Å². The van der Waals surface area contributed by atoms with Gasteiger partial charge >= 0.3 is 0 Å². The van der Waals surface area contributed by atoms with E-state index >= 15 is 0 Å². The van der Waals surface area contributed by atoms with Crippen molar-refractivity contribution >= 4 is 39.0 Å². The van der Waals surface area contributed by atoms with Gasteiger partial charge in [0.1, 0.15) is 6.79 Å². The molecule has 3 N–H and O–H groups in total. The molecule has 2 atom stereocenters. The van der Waals surface area contributed by atoms with Gasteiger partial charge in [-0.2, -0.15) is 0 Å². The summed E-state index contributed by atoms with van der Waals surface area (Å²) in [6.45, 7) is 10.5. The number of rotatable bonds is 14. The van der Waals surface area contributed by atoms with E-state index in [1.807, 2.05) is 18.9 Å². The van der Waals surface area contributed by atoms with Crippen LogP contribution in [0.3, 0.4) is 0 Å². The Labute approximate surface area is 233 Å². The fourth-order valence-corrected chi connectivity index (χ4v) is 6.11. The zero-order chi connectivity index (χ0) is 28.7. The standard InChI is InChI=1S/C29H41F2N2OPS.CH2O/c1-5-8-13-27(36-26-12-10-9-11-20(26)4)29(14-6-2,15-7-3)33-28(34)18-22(32)16-21-17-23(30)24(31)19-25(21)35;1-2/h9-13,17,19,22H,5-8,14-16,18,32,35H2,1-4H3,(H,33,34);1H2/b27-13+;. The van der Waals surface area contributed by atoms with E-state index in [1.54, 1.807) is 11.8 Å². The predicted octanol–water partition coefficient (Wildman–Crippen LogP) is 6.78. The van der Waals surface area contributed by atoms with Crippen molar-refractivity contribution in [3.63, 3.8) is 0 Å². The monoisotopic (exact) mass is 564 g/mol. The molecule has 0 aliphatic rings. The van der Waals surface area contributed by atoms with Gasteiger partial charge < -0.3 is 15.8 Å². The van der Waals surface area contributed by atoms with Crippen molar-refractivity contribution in [3.05, 3.63) is 70.1 Å². The second-order valence-electron chi connectivity index (χ2n) is 9.49. The number of allylic oxidation sites excluding steroid dienone is 1. The van der Waals surface area contributed by atoms with Crippen LogP contribution in [0, 0.1) is 18.6 Å². The van der Waals surface area contributed by atoms with Crippen LogP contribution in [0.5, 0.6) is 0 Å². The first-order valence-corrected chi connectivity index (χ1v) is 14.6. The highest BCUT2D eigenvalue weighted by molar-refractivity contribution is 8.03. The minimum absolute atomic E-state index is 0.106. The number of carbonyl (C=O) groups is 2. The number of thioether (sulfide) groups is 1. The van der Waals surface area contributed by atoms with Gasteiger partial charge in [-0.3, -0.25) is 4.79 Å². The summed E-state index contributed by atoms with van der Waals surface area (Å²) in [6, 6.07) is 10.1. The zero-order valence-electron chi connectivity index (χ0n) is 23.1. The Bertz CT molecular complexity index is 1060. The molecule has 0 bridgehead atoms. The quantitative estimate of drug-likeness (QED) is 0.196. The van der Waals surface area contributed by atoms with Gasteiger partial charge in [0.15, 0.2) is 11.6 Å². The van der Waals surface area contributed by atoms with Gasteiger partial charge in [-0.15, -0.1) is 9.24 Å². The van der Waals surface area contributed by atoms with Gasteiger partial charge in [-0.05, 0) is 67.2 Å². The van der Waals surface area contributed by atoms with Crippen LogP contribution in [-0.4, -0.2) is 24.3 Å².